The molecule has 0 aliphatic heterocycles. The number of primary amides is 1. The summed E-state index contributed by atoms with van der Waals surface area (Å²) in [6.45, 7) is 0. The second kappa shape index (κ2) is 4.70. The fraction of sp³-hybridized carbons (Fsp3) is 0. The molecule has 0 heterocycles. The summed E-state index contributed by atoms with van der Waals surface area (Å²) < 4.78 is 0. The van der Waals surface area contributed by atoms with Gasteiger partial charge >= 0.3 is 6.03 Å². The van der Waals surface area contributed by atoms with Gasteiger partial charge in [-0.2, -0.15) is 5.10 Å². The summed E-state index contributed by atoms with van der Waals surface area (Å²) in [7, 11) is 0. The van der Waals surface area contributed by atoms with Gasteiger partial charge < -0.3 is 5.73 Å². The SMILES string of the molecule is NC(=O)NN=Cc1ccccc1[N+](=O)[O-]. The summed E-state index contributed by atoms with van der Waals surface area (Å²) in [4.78, 5) is 20.3. The Kier molecular flexibility index (Phi) is 3.33. The van der Waals surface area contributed by atoms with Crippen molar-refractivity contribution < 1.29 is 9.72 Å². The summed E-state index contributed by atoms with van der Waals surface area (Å²) in [5, 5.41) is 14.0. The molecule has 0 atom stereocenters. The fourth-order valence-electron chi connectivity index (χ4n) is 0.928. The van der Waals surface area contributed by atoms with Gasteiger partial charge in [0.1, 0.15) is 0 Å². The van der Waals surface area contributed by atoms with Crippen LogP contribution in [0.25, 0.3) is 0 Å². The van der Waals surface area contributed by atoms with Crippen LogP contribution in [0.1, 0.15) is 5.56 Å². The molecular weight excluding hydrogens is 200 g/mol. The van der Waals surface area contributed by atoms with Crippen LogP contribution in [-0.2, 0) is 0 Å². The van der Waals surface area contributed by atoms with Crippen molar-refractivity contribution in [1.82, 2.24) is 5.43 Å². The smallest absolute Gasteiger partial charge is 0.332 e. The highest BCUT2D eigenvalue weighted by molar-refractivity contribution is 5.86. The van der Waals surface area contributed by atoms with E-state index in [4.69, 9.17) is 5.73 Å². The molecule has 0 bridgehead atoms. The maximum Gasteiger partial charge on any atom is 0.332 e. The van der Waals surface area contributed by atoms with Gasteiger partial charge in [-0.1, -0.05) is 12.1 Å². The molecule has 1 aromatic rings. The minimum atomic E-state index is -0.829. The molecule has 7 heteroatoms. The van der Waals surface area contributed by atoms with Crippen molar-refractivity contribution in [2.75, 3.05) is 0 Å². The third-order valence-corrected chi connectivity index (χ3v) is 1.51. The fourth-order valence-corrected chi connectivity index (χ4v) is 0.928. The molecule has 0 aromatic heterocycles. The van der Waals surface area contributed by atoms with Gasteiger partial charge in [0.05, 0.1) is 16.7 Å². The van der Waals surface area contributed by atoms with Gasteiger partial charge in [0.2, 0.25) is 0 Å². The second-order valence-electron chi connectivity index (χ2n) is 2.55. The maximum atomic E-state index is 10.6. The first-order valence-corrected chi connectivity index (χ1v) is 3.93. The molecule has 78 valence electrons. The highest BCUT2D eigenvalue weighted by atomic mass is 16.6. The van der Waals surface area contributed by atoms with E-state index >= 15 is 0 Å². The van der Waals surface area contributed by atoms with Crippen LogP contribution in [-0.4, -0.2) is 17.2 Å². The number of nitrogens with one attached hydrogen (secondary N) is 1. The molecule has 15 heavy (non-hydrogen) atoms. The molecule has 7 nitrogen and oxygen atoms in total. The topological polar surface area (TPSA) is 111 Å². The number of rotatable bonds is 3. The number of nitrogens with zero attached hydrogens (tertiary/aromatic N) is 2. The molecule has 1 aromatic carbocycles. The Hall–Kier alpha value is -2.44. The molecule has 0 saturated heterocycles. The molecule has 3 N–H and O–H groups in total. The van der Waals surface area contributed by atoms with Crippen molar-refractivity contribution in [1.29, 1.82) is 0 Å². The molecule has 1 rings (SSSR count). The predicted molar refractivity (Wildman–Crippen MR) is 53.4 cm³/mol. The van der Waals surface area contributed by atoms with E-state index in [-0.39, 0.29) is 11.3 Å². The zero-order valence-corrected chi connectivity index (χ0v) is 7.58. The Bertz CT molecular complexity index is 416. The van der Waals surface area contributed by atoms with Crippen molar-refractivity contribution >= 4 is 17.9 Å². The van der Waals surface area contributed by atoms with Crippen LogP contribution in [0.5, 0.6) is 0 Å². The van der Waals surface area contributed by atoms with Gasteiger partial charge in [-0.3, -0.25) is 10.1 Å². The molecule has 0 unspecified atom stereocenters. The highest BCUT2D eigenvalue weighted by Gasteiger charge is 2.09. The molecule has 0 aliphatic carbocycles. The minimum Gasteiger partial charge on any atom is -0.350 e. The molecule has 0 fully saturated rings. The molecule has 2 amide bonds. The number of hydrogen-bond donors (Lipinski definition) is 2. The maximum absolute atomic E-state index is 10.6. The van der Waals surface area contributed by atoms with Crippen molar-refractivity contribution in [3.05, 3.63) is 39.9 Å². The van der Waals surface area contributed by atoms with Crippen molar-refractivity contribution in [2.24, 2.45) is 10.8 Å². The van der Waals surface area contributed by atoms with E-state index in [1.54, 1.807) is 6.07 Å². The number of carbonyl (C=O) groups excluding carboxylic acids is 1. The van der Waals surface area contributed by atoms with E-state index in [2.05, 4.69) is 5.10 Å². The number of hydrogen-bond acceptors (Lipinski definition) is 4. The summed E-state index contributed by atoms with van der Waals surface area (Å²) in [6, 6.07) is 5.18. The molecular formula is C8H8N4O3. The molecule has 0 spiro atoms. The lowest BCUT2D eigenvalue weighted by molar-refractivity contribution is -0.385. The number of para-hydroxylation sites is 1. The first kappa shape index (κ1) is 10.6. The van der Waals surface area contributed by atoms with Crippen LogP contribution >= 0.6 is 0 Å². The standard InChI is InChI=1S/C8H8N4O3/c9-8(13)11-10-5-6-3-1-2-4-7(6)12(14)15/h1-5H,(H3,9,11,13). The molecule has 0 radical (unpaired) electrons. The van der Waals surface area contributed by atoms with Gasteiger partial charge in [-0.25, -0.2) is 10.2 Å². The first-order valence-electron chi connectivity index (χ1n) is 3.93. The number of nitro benzene ring substituents is 1. The normalized spacial score (nSPS) is 10.1. The third-order valence-electron chi connectivity index (χ3n) is 1.51. The van der Waals surface area contributed by atoms with Gasteiger partial charge in [0.15, 0.2) is 0 Å². The van der Waals surface area contributed by atoms with E-state index in [9.17, 15) is 14.9 Å². The first-order chi connectivity index (χ1) is 7.11. The van der Waals surface area contributed by atoms with E-state index in [1.165, 1.54) is 18.2 Å². The largest absolute Gasteiger partial charge is 0.350 e. The average Bonchev–Trinajstić information content (AvgIpc) is 2.17. The van der Waals surface area contributed by atoms with Crippen molar-refractivity contribution in [2.45, 2.75) is 0 Å². The van der Waals surface area contributed by atoms with E-state index in [0.717, 1.165) is 6.21 Å². The zero-order valence-electron chi connectivity index (χ0n) is 7.58. The van der Waals surface area contributed by atoms with Crippen molar-refractivity contribution in [3.63, 3.8) is 0 Å². The number of benzene rings is 1. The van der Waals surface area contributed by atoms with E-state index in [0.29, 0.717) is 0 Å². The molecule has 0 saturated carbocycles. The lowest BCUT2D eigenvalue weighted by atomic mass is 10.2. The lowest BCUT2D eigenvalue weighted by Gasteiger charge is -1.95. The Morgan fingerprint density at radius 2 is 2.20 bits per heavy atom. The van der Waals surface area contributed by atoms with Gasteiger partial charge in [-0.15, -0.1) is 0 Å². The summed E-state index contributed by atoms with van der Waals surface area (Å²) in [5.41, 5.74) is 6.90. The highest BCUT2D eigenvalue weighted by Crippen LogP contribution is 2.14. The number of amides is 2. The lowest BCUT2D eigenvalue weighted by Crippen LogP contribution is -2.24. The third kappa shape index (κ3) is 3.07. The number of nitro groups is 1. The minimum absolute atomic E-state index is 0.0903. The average molecular weight is 208 g/mol. The number of carbonyl (C=O) groups is 1. The Balaban J connectivity index is 2.89. The van der Waals surface area contributed by atoms with Crippen LogP contribution in [0.4, 0.5) is 10.5 Å². The number of nitrogens with two attached hydrogens (primary N) is 1. The number of urea groups is 1. The predicted octanol–water partition coefficient (Wildman–Crippen LogP) is 0.597. The summed E-state index contributed by atoms with van der Waals surface area (Å²) in [5.74, 6) is 0. The van der Waals surface area contributed by atoms with Crippen molar-refractivity contribution in [3.8, 4) is 0 Å². The molecule has 0 aliphatic rings. The van der Waals surface area contributed by atoms with E-state index < -0.39 is 11.0 Å². The van der Waals surface area contributed by atoms with Crippen LogP contribution in [0.15, 0.2) is 29.4 Å². The van der Waals surface area contributed by atoms with Gasteiger partial charge in [0.25, 0.3) is 5.69 Å². The van der Waals surface area contributed by atoms with Gasteiger partial charge in [-0.05, 0) is 6.07 Å². The monoisotopic (exact) mass is 208 g/mol. The van der Waals surface area contributed by atoms with E-state index in [1.807, 2.05) is 5.43 Å². The van der Waals surface area contributed by atoms with Gasteiger partial charge in [0, 0.05) is 6.07 Å². The number of hydrazone groups is 1. The Labute approximate surface area is 84.7 Å². The summed E-state index contributed by atoms with van der Waals surface area (Å²) >= 11 is 0. The second-order valence-corrected chi connectivity index (χ2v) is 2.55. The Morgan fingerprint density at radius 1 is 1.53 bits per heavy atom. The van der Waals surface area contributed by atoms with Crippen LogP contribution in [0.3, 0.4) is 0 Å². The summed E-state index contributed by atoms with van der Waals surface area (Å²) in [6.07, 6.45) is 1.16. The van der Waals surface area contributed by atoms with Crippen LogP contribution in [0.2, 0.25) is 0 Å². The quantitative estimate of drug-likeness (QED) is 0.431. The Morgan fingerprint density at radius 3 is 2.80 bits per heavy atom. The van der Waals surface area contributed by atoms with Crippen LogP contribution < -0.4 is 11.2 Å². The zero-order chi connectivity index (χ0) is 11.3. The van der Waals surface area contributed by atoms with Crippen LogP contribution in [0, 0.1) is 10.1 Å².